The van der Waals surface area contributed by atoms with Crippen LogP contribution >= 0.6 is 11.6 Å². The van der Waals surface area contributed by atoms with Gasteiger partial charge in [-0.1, -0.05) is 44.9 Å². The van der Waals surface area contributed by atoms with E-state index in [0.29, 0.717) is 47.9 Å². The molecule has 0 atom stereocenters. The molecule has 252 valence electrons. The number of fused-ring (bicyclic) bond motifs is 1. The Morgan fingerprint density at radius 2 is 1.78 bits per heavy atom. The van der Waals surface area contributed by atoms with Crippen LogP contribution in [-0.2, 0) is 18.4 Å². The average Bonchev–Trinajstić information content (AvgIpc) is 3.28. The van der Waals surface area contributed by atoms with Crippen LogP contribution in [0.3, 0.4) is 0 Å². The third-order valence-electron chi connectivity index (χ3n) is 8.19. The molecule has 14 heteroatoms. The molecule has 0 radical (unpaired) electrons. The summed E-state index contributed by atoms with van der Waals surface area (Å²) < 4.78 is 71.9. The number of benzene rings is 1. The second kappa shape index (κ2) is 14.5. The van der Waals surface area contributed by atoms with Crippen molar-refractivity contribution < 1.29 is 36.3 Å². The summed E-state index contributed by atoms with van der Waals surface area (Å²) in [6.45, 7) is 4.76. The zero-order valence-electron chi connectivity index (χ0n) is 26.2. The molecule has 2 N–H and O–H groups in total. The first-order valence-electron chi connectivity index (χ1n) is 15.2. The number of Topliss-reactive ketones (excluding diaryl/α,β-unsaturated/α-hetero) is 1. The van der Waals surface area contributed by atoms with Crippen molar-refractivity contribution in [1.82, 2.24) is 19.9 Å². The SMILES string of the molecule is Cn1c(Nc2cc(CNC(=O)C(C)(C)C)ccc2Cl)nc2cc(C(=O)CCCC3CCC(C(F)(F)F)CC3)c(OCC(F)F)nc21. The van der Waals surface area contributed by atoms with Gasteiger partial charge in [-0.05, 0) is 61.8 Å². The Labute approximate surface area is 269 Å². The van der Waals surface area contributed by atoms with Crippen molar-refractivity contribution in [1.29, 1.82) is 0 Å². The van der Waals surface area contributed by atoms with Crippen LogP contribution in [-0.4, -0.2) is 45.4 Å². The van der Waals surface area contributed by atoms with Crippen molar-refractivity contribution in [3.63, 3.8) is 0 Å². The molecule has 2 heterocycles. The summed E-state index contributed by atoms with van der Waals surface area (Å²) in [4.78, 5) is 34.5. The van der Waals surface area contributed by atoms with Crippen LogP contribution in [0.4, 0.5) is 33.6 Å². The molecule has 46 heavy (non-hydrogen) atoms. The average molecular weight is 672 g/mol. The van der Waals surface area contributed by atoms with Crippen molar-refractivity contribution in [2.24, 2.45) is 24.3 Å². The van der Waals surface area contributed by atoms with Crippen molar-refractivity contribution in [3.8, 4) is 5.88 Å². The minimum Gasteiger partial charge on any atom is -0.471 e. The van der Waals surface area contributed by atoms with Gasteiger partial charge in [-0.2, -0.15) is 18.2 Å². The van der Waals surface area contributed by atoms with E-state index in [1.807, 2.05) is 20.8 Å². The summed E-state index contributed by atoms with van der Waals surface area (Å²) in [6.07, 6.45) is -4.79. The number of nitrogens with one attached hydrogen (secondary N) is 2. The molecular weight excluding hydrogens is 633 g/mol. The van der Waals surface area contributed by atoms with Gasteiger partial charge in [-0.25, -0.2) is 13.8 Å². The number of halogens is 6. The highest BCUT2D eigenvalue weighted by Gasteiger charge is 2.41. The van der Waals surface area contributed by atoms with Gasteiger partial charge in [0, 0.05) is 25.4 Å². The van der Waals surface area contributed by atoms with Gasteiger partial charge in [0.25, 0.3) is 6.43 Å². The minimum absolute atomic E-state index is 0.00759. The van der Waals surface area contributed by atoms with Crippen LogP contribution in [0.25, 0.3) is 11.2 Å². The fourth-order valence-corrected chi connectivity index (χ4v) is 5.63. The fourth-order valence-electron chi connectivity index (χ4n) is 5.47. The van der Waals surface area contributed by atoms with Gasteiger partial charge in [-0.3, -0.25) is 14.2 Å². The summed E-state index contributed by atoms with van der Waals surface area (Å²) in [5.41, 5.74) is 1.32. The molecule has 0 aliphatic heterocycles. The second-order valence-corrected chi connectivity index (χ2v) is 13.2. The van der Waals surface area contributed by atoms with Crippen LogP contribution in [0.2, 0.25) is 5.02 Å². The molecule has 0 saturated heterocycles. The van der Waals surface area contributed by atoms with Crippen LogP contribution in [0.5, 0.6) is 5.88 Å². The standard InChI is InChI=1S/C32H39ClF5N5O3/c1-31(2,3)29(45)39-16-19-10-13-22(33)23(14-19)40-30-41-24-15-21(28(46-17-26(34)35)42-27(24)43(30)4)25(44)7-5-6-18-8-11-20(12-9-18)32(36,37)38/h10,13-15,18,20,26H,5-9,11-12,16-17H2,1-4H3,(H,39,45)(H,40,41). The quantitative estimate of drug-likeness (QED) is 0.148. The smallest absolute Gasteiger partial charge is 0.391 e. The predicted octanol–water partition coefficient (Wildman–Crippen LogP) is 8.39. The number of ether oxygens (including phenoxy) is 1. The van der Waals surface area contributed by atoms with Crippen molar-refractivity contribution in [2.75, 3.05) is 11.9 Å². The van der Waals surface area contributed by atoms with Gasteiger partial charge in [0.05, 0.1) is 22.2 Å². The van der Waals surface area contributed by atoms with Crippen molar-refractivity contribution in [2.45, 2.75) is 84.9 Å². The molecule has 3 aromatic rings. The highest BCUT2D eigenvalue weighted by Crippen LogP contribution is 2.41. The number of rotatable bonds is 12. The number of nitrogens with zero attached hydrogens (tertiary/aromatic N) is 3. The Hall–Kier alpha value is -3.48. The number of amides is 1. The molecule has 1 saturated carbocycles. The number of ketones is 1. The molecule has 1 aromatic carbocycles. The number of hydrogen-bond donors (Lipinski definition) is 2. The largest absolute Gasteiger partial charge is 0.471 e. The first-order chi connectivity index (χ1) is 21.5. The summed E-state index contributed by atoms with van der Waals surface area (Å²) in [7, 11) is 1.65. The summed E-state index contributed by atoms with van der Waals surface area (Å²) in [6, 6.07) is 6.67. The molecule has 8 nitrogen and oxygen atoms in total. The lowest BCUT2D eigenvalue weighted by Gasteiger charge is -2.29. The van der Waals surface area contributed by atoms with E-state index in [-0.39, 0.29) is 60.5 Å². The van der Waals surface area contributed by atoms with Gasteiger partial charge < -0.3 is 15.4 Å². The molecule has 0 spiro atoms. The monoisotopic (exact) mass is 671 g/mol. The molecule has 1 aliphatic carbocycles. The Kier molecular flexibility index (Phi) is 11.2. The lowest BCUT2D eigenvalue weighted by atomic mass is 9.79. The maximum absolute atomic E-state index is 13.3. The number of carbonyl (C=O) groups is 2. The number of hydrogen-bond acceptors (Lipinski definition) is 6. The zero-order valence-corrected chi connectivity index (χ0v) is 27.0. The van der Waals surface area contributed by atoms with E-state index in [2.05, 4.69) is 20.6 Å². The third kappa shape index (κ3) is 9.07. The van der Waals surface area contributed by atoms with Gasteiger partial charge in [-0.15, -0.1) is 0 Å². The predicted molar refractivity (Wildman–Crippen MR) is 166 cm³/mol. The molecule has 1 amide bonds. The normalized spacial score (nSPS) is 17.4. The summed E-state index contributed by atoms with van der Waals surface area (Å²) >= 11 is 6.44. The molecule has 4 rings (SSSR count). The number of alkyl halides is 5. The first-order valence-corrected chi connectivity index (χ1v) is 15.6. The summed E-state index contributed by atoms with van der Waals surface area (Å²) in [5, 5.41) is 6.41. The van der Waals surface area contributed by atoms with Crippen LogP contribution in [0.15, 0.2) is 24.3 Å². The van der Waals surface area contributed by atoms with E-state index in [0.717, 1.165) is 5.56 Å². The van der Waals surface area contributed by atoms with Crippen molar-refractivity contribution in [3.05, 3.63) is 40.4 Å². The molecule has 1 aliphatic rings. The molecule has 2 aromatic heterocycles. The molecular formula is C32H39ClF5N5O3. The highest BCUT2D eigenvalue weighted by atomic mass is 35.5. The Balaban J connectivity index is 1.50. The van der Waals surface area contributed by atoms with E-state index in [1.54, 1.807) is 29.8 Å². The lowest BCUT2D eigenvalue weighted by Crippen LogP contribution is -2.34. The van der Waals surface area contributed by atoms with E-state index in [9.17, 15) is 31.5 Å². The molecule has 1 fully saturated rings. The first kappa shape index (κ1) is 35.4. The van der Waals surface area contributed by atoms with E-state index >= 15 is 0 Å². The number of imidazole rings is 1. The minimum atomic E-state index is -4.18. The van der Waals surface area contributed by atoms with E-state index < -0.39 is 30.5 Å². The van der Waals surface area contributed by atoms with Crippen LogP contribution < -0.4 is 15.4 Å². The maximum Gasteiger partial charge on any atom is 0.391 e. The molecule has 0 unspecified atom stereocenters. The van der Waals surface area contributed by atoms with Crippen molar-refractivity contribution >= 4 is 46.1 Å². The Morgan fingerprint density at radius 1 is 1.09 bits per heavy atom. The van der Waals surface area contributed by atoms with E-state index in [4.69, 9.17) is 16.3 Å². The number of carbonyl (C=O) groups excluding carboxylic acids is 2. The zero-order chi connectivity index (χ0) is 33.8. The van der Waals surface area contributed by atoms with Crippen LogP contribution in [0.1, 0.15) is 81.6 Å². The number of aryl methyl sites for hydroxylation is 1. The Morgan fingerprint density at radius 3 is 2.41 bits per heavy atom. The number of pyridine rings is 1. The topological polar surface area (TPSA) is 98.1 Å². The lowest BCUT2D eigenvalue weighted by molar-refractivity contribution is -0.184. The Bertz CT molecular complexity index is 1550. The van der Waals surface area contributed by atoms with Crippen LogP contribution in [0, 0.1) is 17.3 Å². The van der Waals surface area contributed by atoms with Gasteiger partial charge in [0.15, 0.2) is 18.0 Å². The molecule has 0 bridgehead atoms. The number of aromatic nitrogens is 3. The van der Waals surface area contributed by atoms with Gasteiger partial charge >= 0.3 is 6.18 Å². The van der Waals surface area contributed by atoms with Gasteiger partial charge in [0.2, 0.25) is 17.7 Å². The van der Waals surface area contributed by atoms with E-state index in [1.165, 1.54) is 6.07 Å². The summed E-state index contributed by atoms with van der Waals surface area (Å²) in [5.74, 6) is -1.59. The second-order valence-electron chi connectivity index (χ2n) is 12.8. The number of anilines is 2. The van der Waals surface area contributed by atoms with Gasteiger partial charge in [0.1, 0.15) is 5.52 Å². The third-order valence-corrected chi connectivity index (χ3v) is 8.52. The fraction of sp³-hybridized carbons (Fsp3) is 0.562. The maximum atomic E-state index is 13.3. The highest BCUT2D eigenvalue weighted by molar-refractivity contribution is 6.33.